The maximum atomic E-state index is 11.1. The van der Waals surface area contributed by atoms with Crippen LogP contribution in [0.1, 0.15) is 11.1 Å². The molecule has 0 aromatic heterocycles. The number of phenols is 2. The molecule has 0 unspecified atom stereocenters. The van der Waals surface area contributed by atoms with Crippen LogP contribution in [0.3, 0.4) is 0 Å². The summed E-state index contributed by atoms with van der Waals surface area (Å²) in [5.41, 5.74) is 1.49. The zero-order chi connectivity index (χ0) is 14.8. The van der Waals surface area contributed by atoms with Gasteiger partial charge in [0.15, 0.2) is 11.5 Å². The van der Waals surface area contributed by atoms with Gasteiger partial charge < -0.3 is 10.2 Å². The summed E-state index contributed by atoms with van der Waals surface area (Å²) in [6.45, 7) is 0. The molecule has 0 aliphatic rings. The van der Waals surface area contributed by atoms with E-state index in [9.17, 15) is 18.6 Å². The summed E-state index contributed by atoms with van der Waals surface area (Å²) < 4.78 is 22.2. The minimum Gasteiger partial charge on any atom is -0.504 e. The smallest absolute Gasteiger partial charge is 0.238 e. The summed E-state index contributed by atoms with van der Waals surface area (Å²) >= 11 is 0. The van der Waals surface area contributed by atoms with Crippen LogP contribution >= 0.6 is 0 Å². The predicted octanol–water partition coefficient (Wildman–Crippen LogP) is 1.92. The molecule has 6 heteroatoms. The molecule has 0 saturated carbocycles. The second-order valence-electron chi connectivity index (χ2n) is 4.20. The molecular formula is C14H13NO4S. The van der Waals surface area contributed by atoms with Crippen molar-refractivity contribution in [3.63, 3.8) is 0 Å². The molecule has 0 spiro atoms. The predicted molar refractivity (Wildman–Crippen MR) is 76.5 cm³/mol. The van der Waals surface area contributed by atoms with Crippen molar-refractivity contribution in [2.75, 3.05) is 0 Å². The molecule has 0 radical (unpaired) electrons. The van der Waals surface area contributed by atoms with Gasteiger partial charge in [-0.15, -0.1) is 0 Å². The molecule has 5 nitrogen and oxygen atoms in total. The van der Waals surface area contributed by atoms with E-state index in [1.807, 2.05) is 0 Å². The van der Waals surface area contributed by atoms with Crippen LogP contribution in [0.5, 0.6) is 11.5 Å². The van der Waals surface area contributed by atoms with Crippen molar-refractivity contribution in [1.82, 2.24) is 0 Å². The largest absolute Gasteiger partial charge is 0.504 e. The molecule has 0 aliphatic heterocycles. The summed E-state index contributed by atoms with van der Waals surface area (Å²) in [5.74, 6) is -0.378. The summed E-state index contributed by atoms with van der Waals surface area (Å²) in [4.78, 5) is 0.0527. The van der Waals surface area contributed by atoms with Crippen LogP contribution in [0.15, 0.2) is 47.4 Å². The van der Waals surface area contributed by atoms with Gasteiger partial charge in [0.25, 0.3) is 0 Å². The Morgan fingerprint density at radius 2 is 1.40 bits per heavy atom. The van der Waals surface area contributed by atoms with Gasteiger partial charge in [-0.1, -0.05) is 30.4 Å². The van der Waals surface area contributed by atoms with Crippen LogP contribution in [-0.2, 0) is 10.0 Å². The number of rotatable bonds is 3. The number of phenolic OH excluding ortho intramolecular Hbond substituents is 2. The Bertz CT molecular complexity index is 749. The topological polar surface area (TPSA) is 101 Å². The van der Waals surface area contributed by atoms with Crippen LogP contribution in [0.4, 0.5) is 0 Å². The van der Waals surface area contributed by atoms with Crippen LogP contribution in [-0.4, -0.2) is 18.6 Å². The van der Waals surface area contributed by atoms with E-state index in [-0.39, 0.29) is 16.4 Å². The van der Waals surface area contributed by atoms with Crippen LogP contribution in [0, 0.1) is 0 Å². The van der Waals surface area contributed by atoms with Crippen LogP contribution < -0.4 is 5.14 Å². The van der Waals surface area contributed by atoms with Gasteiger partial charge in [0.1, 0.15) is 0 Å². The Morgan fingerprint density at radius 3 is 1.95 bits per heavy atom. The van der Waals surface area contributed by atoms with Gasteiger partial charge in [-0.3, -0.25) is 0 Å². The second-order valence-corrected chi connectivity index (χ2v) is 5.76. The van der Waals surface area contributed by atoms with Crippen LogP contribution in [0.2, 0.25) is 0 Å². The molecule has 0 aliphatic carbocycles. The van der Waals surface area contributed by atoms with Gasteiger partial charge in [-0.2, -0.15) is 0 Å². The summed E-state index contributed by atoms with van der Waals surface area (Å²) in [6.07, 6.45) is 3.48. The number of hydrogen-bond acceptors (Lipinski definition) is 4. The highest BCUT2D eigenvalue weighted by molar-refractivity contribution is 7.89. The van der Waals surface area contributed by atoms with E-state index in [2.05, 4.69) is 0 Å². The van der Waals surface area contributed by atoms with E-state index in [0.29, 0.717) is 5.56 Å². The van der Waals surface area contributed by atoms with Crippen LogP contribution in [0.25, 0.3) is 12.2 Å². The van der Waals surface area contributed by atoms with Gasteiger partial charge in [0, 0.05) is 0 Å². The number of nitrogens with two attached hydrogens (primary N) is 1. The fraction of sp³-hybridized carbons (Fsp3) is 0. The Kier molecular flexibility index (Phi) is 3.78. The normalized spacial score (nSPS) is 11.8. The number of primary sulfonamides is 1. The summed E-state index contributed by atoms with van der Waals surface area (Å²) in [7, 11) is -3.68. The van der Waals surface area contributed by atoms with Gasteiger partial charge >= 0.3 is 0 Å². The lowest BCUT2D eigenvalue weighted by molar-refractivity contribution is 0.403. The summed E-state index contributed by atoms with van der Waals surface area (Å²) in [6, 6.07) is 10.5. The third-order valence-electron chi connectivity index (χ3n) is 2.68. The maximum absolute atomic E-state index is 11.1. The first kappa shape index (κ1) is 14.1. The fourth-order valence-corrected chi connectivity index (χ4v) is 2.12. The molecule has 0 amide bonds. The van der Waals surface area contributed by atoms with E-state index in [0.717, 1.165) is 5.56 Å². The lowest BCUT2D eigenvalue weighted by atomic mass is 10.1. The van der Waals surface area contributed by atoms with E-state index in [4.69, 9.17) is 5.14 Å². The molecule has 4 N–H and O–H groups in total. The minimum absolute atomic E-state index is 0.0527. The van der Waals surface area contributed by atoms with Crippen molar-refractivity contribution in [3.8, 4) is 11.5 Å². The van der Waals surface area contributed by atoms with Gasteiger partial charge in [-0.05, 0) is 35.4 Å². The van der Waals surface area contributed by atoms with Crippen molar-refractivity contribution in [1.29, 1.82) is 0 Å². The molecular weight excluding hydrogens is 278 g/mol. The summed E-state index contributed by atoms with van der Waals surface area (Å²) in [5, 5.41) is 23.6. The highest BCUT2D eigenvalue weighted by Crippen LogP contribution is 2.25. The first-order chi connectivity index (χ1) is 9.36. The first-order valence-corrected chi connectivity index (χ1v) is 7.24. The molecule has 104 valence electrons. The zero-order valence-corrected chi connectivity index (χ0v) is 11.2. The molecule has 2 aromatic carbocycles. The standard InChI is InChI=1S/C14H13NO4S/c15-20(18,19)12-6-3-10(4-7-12)1-2-11-5-8-13(16)14(17)9-11/h1-9,16-17H,(H2,15,18,19)/b2-1+. The number of hydrogen-bond donors (Lipinski definition) is 3. The highest BCUT2D eigenvalue weighted by Gasteiger charge is 2.05. The Hall–Kier alpha value is -2.31. The maximum Gasteiger partial charge on any atom is 0.238 e. The van der Waals surface area contributed by atoms with Crippen molar-refractivity contribution < 1.29 is 18.6 Å². The lowest BCUT2D eigenvalue weighted by Crippen LogP contribution is -2.11. The molecule has 0 fully saturated rings. The van der Waals surface area contributed by atoms with Gasteiger partial charge in [-0.25, -0.2) is 13.6 Å². The SMILES string of the molecule is NS(=O)(=O)c1ccc(/C=C/c2ccc(O)c(O)c2)cc1. The van der Waals surface area contributed by atoms with Gasteiger partial charge in [0.2, 0.25) is 10.0 Å². The molecule has 0 atom stereocenters. The van der Waals surface area contributed by atoms with Crippen molar-refractivity contribution in [2.45, 2.75) is 4.90 Å². The van der Waals surface area contributed by atoms with E-state index < -0.39 is 10.0 Å². The Balaban J connectivity index is 2.21. The average molecular weight is 291 g/mol. The first-order valence-electron chi connectivity index (χ1n) is 5.69. The van der Waals surface area contributed by atoms with Crippen molar-refractivity contribution in [2.24, 2.45) is 5.14 Å². The van der Waals surface area contributed by atoms with Crippen molar-refractivity contribution in [3.05, 3.63) is 53.6 Å². The monoisotopic (exact) mass is 291 g/mol. The molecule has 2 aromatic rings. The second kappa shape index (κ2) is 5.36. The Labute approximate surface area is 116 Å². The van der Waals surface area contributed by atoms with E-state index in [1.54, 1.807) is 30.4 Å². The molecule has 2 rings (SSSR count). The van der Waals surface area contributed by atoms with Crippen molar-refractivity contribution >= 4 is 22.2 Å². The third-order valence-corrected chi connectivity index (χ3v) is 3.61. The number of aromatic hydroxyl groups is 2. The van der Waals surface area contributed by atoms with Gasteiger partial charge in [0.05, 0.1) is 4.90 Å². The quantitative estimate of drug-likeness (QED) is 0.594. The zero-order valence-electron chi connectivity index (χ0n) is 10.4. The molecule has 0 bridgehead atoms. The molecule has 0 saturated heterocycles. The highest BCUT2D eigenvalue weighted by atomic mass is 32.2. The Morgan fingerprint density at radius 1 is 0.850 bits per heavy atom. The fourth-order valence-electron chi connectivity index (χ4n) is 1.61. The lowest BCUT2D eigenvalue weighted by Gasteiger charge is -2.00. The molecule has 0 heterocycles. The number of sulfonamides is 1. The van der Waals surface area contributed by atoms with E-state index in [1.165, 1.54) is 24.3 Å². The average Bonchev–Trinajstić information content (AvgIpc) is 2.40. The number of benzene rings is 2. The minimum atomic E-state index is -3.68. The molecule has 20 heavy (non-hydrogen) atoms. The van der Waals surface area contributed by atoms with E-state index >= 15 is 0 Å². The third kappa shape index (κ3) is 3.37.